The van der Waals surface area contributed by atoms with E-state index in [0.29, 0.717) is 10.7 Å². The van der Waals surface area contributed by atoms with Crippen LogP contribution in [-0.4, -0.2) is 38.6 Å². The van der Waals surface area contributed by atoms with Crippen LogP contribution in [0.1, 0.15) is 34.6 Å². The average molecular weight is 370 g/mol. The van der Waals surface area contributed by atoms with Gasteiger partial charge < -0.3 is 15.5 Å². The Bertz CT molecular complexity index is 970. The number of esters is 1. The van der Waals surface area contributed by atoms with Crippen LogP contribution < -0.4 is 5.73 Å². The van der Waals surface area contributed by atoms with Crippen molar-refractivity contribution < 1.29 is 14.3 Å². The van der Waals surface area contributed by atoms with E-state index >= 15 is 0 Å². The van der Waals surface area contributed by atoms with E-state index in [2.05, 4.69) is 15.0 Å². The second-order valence-corrected chi connectivity index (χ2v) is 6.85. The molecule has 3 aromatic rings. The number of ether oxygens (including phenoxy) is 1. The van der Waals surface area contributed by atoms with Crippen molar-refractivity contribution in [3.05, 3.63) is 47.8 Å². The minimum atomic E-state index is -0.565. The van der Waals surface area contributed by atoms with Crippen LogP contribution in [0.2, 0.25) is 0 Å². The van der Waals surface area contributed by atoms with Gasteiger partial charge in [0.1, 0.15) is 11.4 Å². The van der Waals surface area contributed by atoms with E-state index < -0.39 is 11.2 Å². The molecule has 0 bridgehead atoms. The maximum absolute atomic E-state index is 12.8. The number of nitrogen functional groups attached to an aromatic ring is 1. The summed E-state index contributed by atoms with van der Waals surface area (Å²) in [4.78, 5) is 35.8. The van der Waals surface area contributed by atoms with Gasteiger partial charge in [-0.2, -0.15) is 0 Å². The van der Waals surface area contributed by atoms with Gasteiger partial charge in [-0.25, -0.2) is 14.8 Å². The Kier molecular flexibility index (Phi) is 5.22. The third-order valence-corrected chi connectivity index (χ3v) is 4.77. The Morgan fingerprint density at radius 1 is 1.31 bits per heavy atom. The van der Waals surface area contributed by atoms with Crippen LogP contribution in [0, 0.1) is 0 Å². The standard InChI is InChI=1S/C18H18N4O3S/c1-3-25-17(24)13-9-21-18(22-16(13)19)26-10(2)15(23)12-8-20-14-7-5-4-6-11(12)14/h4-10,20H,3H2,1-2H3,(H2,19,21,22). The van der Waals surface area contributed by atoms with E-state index in [0.717, 1.165) is 10.9 Å². The molecule has 2 heterocycles. The number of rotatable bonds is 6. The van der Waals surface area contributed by atoms with Crippen molar-refractivity contribution in [2.45, 2.75) is 24.3 Å². The molecule has 0 spiro atoms. The zero-order chi connectivity index (χ0) is 18.7. The number of anilines is 1. The molecule has 1 unspecified atom stereocenters. The summed E-state index contributed by atoms with van der Waals surface area (Å²) in [6, 6.07) is 7.62. The van der Waals surface area contributed by atoms with Gasteiger partial charge in [0.05, 0.1) is 11.9 Å². The molecule has 1 aromatic carbocycles. The summed E-state index contributed by atoms with van der Waals surface area (Å²) in [6.45, 7) is 3.73. The fourth-order valence-corrected chi connectivity index (χ4v) is 3.32. The number of nitrogens with one attached hydrogen (secondary N) is 1. The monoisotopic (exact) mass is 370 g/mol. The number of Topliss-reactive ketones (excluding diaryl/α,β-unsaturated/α-hetero) is 1. The van der Waals surface area contributed by atoms with Gasteiger partial charge in [-0.3, -0.25) is 4.79 Å². The molecular weight excluding hydrogens is 352 g/mol. The van der Waals surface area contributed by atoms with Gasteiger partial charge in [0.2, 0.25) is 0 Å². The lowest BCUT2D eigenvalue weighted by Crippen LogP contribution is -2.15. The van der Waals surface area contributed by atoms with E-state index in [9.17, 15) is 9.59 Å². The third kappa shape index (κ3) is 3.55. The van der Waals surface area contributed by atoms with Gasteiger partial charge in [0.25, 0.3) is 0 Å². The van der Waals surface area contributed by atoms with Gasteiger partial charge in [-0.1, -0.05) is 30.0 Å². The minimum Gasteiger partial charge on any atom is -0.462 e. The van der Waals surface area contributed by atoms with Crippen molar-refractivity contribution in [1.82, 2.24) is 15.0 Å². The zero-order valence-electron chi connectivity index (χ0n) is 14.4. The molecular formula is C18H18N4O3S. The summed E-state index contributed by atoms with van der Waals surface area (Å²) in [5.41, 5.74) is 7.47. The van der Waals surface area contributed by atoms with Crippen LogP contribution in [-0.2, 0) is 4.74 Å². The van der Waals surface area contributed by atoms with Gasteiger partial charge in [-0.15, -0.1) is 0 Å². The lowest BCUT2D eigenvalue weighted by atomic mass is 10.1. The molecule has 0 saturated carbocycles. The highest BCUT2D eigenvalue weighted by molar-refractivity contribution is 8.00. The molecule has 0 aliphatic rings. The Hall–Kier alpha value is -2.87. The maximum Gasteiger partial charge on any atom is 0.343 e. The van der Waals surface area contributed by atoms with Crippen molar-refractivity contribution in [2.24, 2.45) is 0 Å². The first-order valence-electron chi connectivity index (χ1n) is 8.08. The number of hydrogen-bond donors (Lipinski definition) is 2. The average Bonchev–Trinajstić information content (AvgIpc) is 3.05. The molecule has 8 heteroatoms. The van der Waals surface area contributed by atoms with Crippen LogP contribution in [0.4, 0.5) is 5.82 Å². The van der Waals surface area contributed by atoms with Gasteiger partial charge in [-0.05, 0) is 19.9 Å². The number of nitrogens with two attached hydrogens (primary N) is 1. The van der Waals surface area contributed by atoms with Crippen molar-refractivity contribution >= 4 is 40.2 Å². The van der Waals surface area contributed by atoms with Gasteiger partial charge >= 0.3 is 5.97 Å². The van der Waals surface area contributed by atoms with E-state index in [1.165, 1.54) is 18.0 Å². The van der Waals surface area contributed by atoms with Gasteiger partial charge in [0, 0.05) is 28.9 Å². The summed E-state index contributed by atoms with van der Waals surface area (Å²) >= 11 is 1.19. The topological polar surface area (TPSA) is 111 Å². The molecule has 7 nitrogen and oxygen atoms in total. The Balaban J connectivity index is 1.77. The van der Waals surface area contributed by atoms with Crippen LogP contribution in [0.3, 0.4) is 0 Å². The number of fused-ring (bicyclic) bond motifs is 1. The van der Waals surface area contributed by atoms with E-state index in [1.807, 2.05) is 24.3 Å². The van der Waals surface area contributed by atoms with Crippen LogP contribution in [0.15, 0.2) is 41.8 Å². The number of benzene rings is 1. The molecule has 3 rings (SSSR count). The van der Waals surface area contributed by atoms with E-state index in [1.54, 1.807) is 20.0 Å². The number of hydrogen-bond acceptors (Lipinski definition) is 7. The van der Waals surface area contributed by atoms with Crippen molar-refractivity contribution in [2.75, 3.05) is 12.3 Å². The Morgan fingerprint density at radius 2 is 2.08 bits per heavy atom. The largest absolute Gasteiger partial charge is 0.462 e. The number of ketones is 1. The molecule has 0 aliphatic carbocycles. The Morgan fingerprint density at radius 3 is 2.81 bits per heavy atom. The molecule has 1 atom stereocenters. The van der Waals surface area contributed by atoms with Crippen molar-refractivity contribution in [3.8, 4) is 0 Å². The number of aromatic nitrogens is 3. The minimum absolute atomic E-state index is 0.0349. The number of carbonyl (C=O) groups is 2. The summed E-state index contributed by atoms with van der Waals surface area (Å²) in [5, 5.41) is 0.793. The zero-order valence-corrected chi connectivity index (χ0v) is 15.2. The Labute approximate surface area is 154 Å². The quantitative estimate of drug-likeness (QED) is 0.297. The number of nitrogens with zero attached hydrogens (tertiary/aromatic N) is 2. The van der Waals surface area contributed by atoms with Crippen LogP contribution in [0.25, 0.3) is 10.9 Å². The number of H-pyrrole nitrogens is 1. The van der Waals surface area contributed by atoms with Crippen LogP contribution in [0.5, 0.6) is 0 Å². The summed E-state index contributed by atoms with van der Waals surface area (Å²) in [7, 11) is 0. The molecule has 0 radical (unpaired) electrons. The molecule has 2 aromatic heterocycles. The summed E-state index contributed by atoms with van der Waals surface area (Å²) in [6.07, 6.45) is 3.04. The number of para-hydroxylation sites is 1. The molecule has 134 valence electrons. The van der Waals surface area contributed by atoms with Crippen LogP contribution >= 0.6 is 11.8 Å². The normalized spacial score (nSPS) is 12.1. The molecule has 26 heavy (non-hydrogen) atoms. The second kappa shape index (κ2) is 7.57. The highest BCUT2D eigenvalue weighted by atomic mass is 32.2. The number of aromatic amines is 1. The lowest BCUT2D eigenvalue weighted by molar-refractivity contribution is 0.0526. The van der Waals surface area contributed by atoms with Gasteiger partial charge in [0.15, 0.2) is 10.9 Å². The molecule has 3 N–H and O–H groups in total. The van der Waals surface area contributed by atoms with E-state index in [4.69, 9.17) is 10.5 Å². The summed E-state index contributed by atoms with van der Waals surface area (Å²) < 4.78 is 4.89. The summed E-state index contributed by atoms with van der Waals surface area (Å²) in [5.74, 6) is -0.568. The lowest BCUT2D eigenvalue weighted by Gasteiger charge is -2.10. The predicted octanol–water partition coefficient (Wildman–Crippen LogP) is 3.08. The highest BCUT2D eigenvalue weighted by Crippen LogP contribution is 2.27. The first kappa shape index (κ1) is 17.9. The first-order valence-corrected chi connectivity index (χ1v) is 8.95. The third-order valence-electron chi connectivity index (χ3n) is 3.80. The fourth-order valence-electron chi connectivity index (χ4n) is 2.51. The van der Waals surface area contributed by atoms with E-state index in [-0.39, 0.29) is 23.8 Å². The molecule has 0 fully saturated rings. The molecule has 0 amide bonds. The van der Waals surface area contributed by atoms with Crippen molar-refractivity contribution in [1.29, 1.82) is 0 Å². The van der Waals surface area contributed by atoms with Crippen molar-refractivity contribution in [3.63, 3.8) is 0 Å². The number of thioether (sulfide) groups is 1. The maximum atomic E-state index is 12.8. The second-order valence-electron chi connectivity index (χ2n) is 5.54. The molecule has 0 aliphatic heterocycles. The predicted molar refractivity (Wildman–Crippen MR) is 100 cm³/mol. The highest BCUT2D eigenvalue weighted by Gasteiger charge is 2.22. The molecule has 0 saturated heterocycles. The smallest absolute Gasteiger partial charge is 0.343 e. The first-order chi connectivity index (χ1) is 12.5. The fraction of sp³-hybridized carbons (Fsp3) is 0.222. The number of carbonyl (C=O) groups excluding carboxylic acids is 2. The SMILES string of the molecule is CCOC(=O)c1cnc(SC(C)C(=O)c2c[nH]c3ccccc23)nc1N.